The average molecular weight is 365 g/mol. The number of amides is 1. The van der Waals surface area contributed by atoms with Crippen molar-refractivity contribution in [1.82, 2.24) is 0 Å². The number of rotatable bonds is 4. The number of sulfone groups is 1. The third-order valence-electron chi connectivity index (χ3n) is 4.44. The molecule has 1 aromatic carbocycles. The number of primary amides is 1. The first-order chi connectivity index (χ1) is 11.0. The van der Waals surface area contributed by atoms with Gasteiger partial charge in [-0.3, -0.25) is 4.79 Å². The summed E-state index contributed by atoms with van der Waals surface area (Å²) in [5.41, 5.74) is 4.16. The third-order valence-corrected chi connectivity index (χ3v) is 7.11. The minimum absolute atomic E-state index is 0.000359. The van der Waals surface area contributed by atoms with Gasteiger partial charge in [0.2, 0.25) is 5.91 Å². The number of carbonyl (C=O) groups excluding carboxylic acids is 1. The van der Waals surface area contributed by atoms with Gasteiger partial charge in [-0.25, -0.2) is 8.42 Å². The number of hydrogen-bond acceptors (Lipinski definition) is 4. The smallest absolute Gasteiger partial charge is 0.368 e. The summed E-state index contributed by atoms with van der Waals surface area (Å²) in [5, 5.41) is 0. The Morgan fingerprint density at radius 1 is 1.42 bits per heavy atom. The van der Waals surface area contributed by atoms with Crippen molar-refractivity contribution in [2.75, 3.05) is 6.61 Å². The molecule has 1 aliphatic heterocycles. The van der Waals surface area contributed by atoms with Gasteiger partial charge in [-0.05, 0) is 31.0 Å². The molecule has 5 nitrogen and oxygen atoms in total. The van der Waals surface area contributed by atoms with E-state index in [1.54, 1.807) is 6.92 Å². The summed E-state index contributed by atoms with van der Waals surface area (Å²) in [6.07, 6.45) is -5.66. The lowest BCUT2D eigenvalue weighted by Gasteiger charge is -2.38. The maximum absolute atomic E-state index is 13.0. The van der Waals surface area contributed by atoms with Crippen LogP contribution in [-0.4, -0.2) is 31.8 Å². The van der Waals surface area contributed by atoms with Gasteiger partial charge in [0.25, 0.3) is 0 Å². The van der Waals surface area contributed by atoms with Crippen LogP contribution in [0.4, 0.5) is 13.2 Å². The van der Waals surface area contributed by atoms with Crippen molar-refractivity contribution in [3.8, 4) is 0 Å². The Balaban J connectivity index is 2.49. The second kappa shape index (κ2) is 6.36. The molecule has 2 unspecified atom stereocenters. The second-order valence-electron chi connectivity index (χ2n) is 5.78. The van der Waals surface area contributed by atoms with Gasteiger partial charge in [0.1, 0.15) is 6.10 Å². The van der Waals surface area contributed by atoms with Crippen LogP contribution in [0, 0.1) is 0 Å². The van der Waals surface area contributed by atoms with Gasteiger partial charge in [-0.15, -0.1) is 0 Å². The highest BCUT2D eigenvalue weighted by Gasteiger charge is 2.48. The fraction of sp³-hybridized carbons (Fsp3) is 0.533. The summed E-state index contributed by atoms with van der Waals surface area (Å²) in [7, 11) is -4.11. The summed E-state index contributed by atoms with van der Waals surface area (Å²) in [4.78, 5) is 10.9. The number of alkyl halides is 3. The van der Waals surface area contributed by atoms with Gasteiger partial charge in [0, 0.05) is 13.0 Å². The van der Waals surface area contributed by atoms with Gasteiger partial charge in [0.15, 0.2) is 9.84 Å². The molecule has 2 rings (SSSR count). The van der Waals surface area contributed by atoms with E-state index in [1.165, 1.54) is 0 Å². The third kappa shape index (κ3) is 3.27. The summed E-state index contributed by atoms with van der Waals surface area (Å²) in [5.74, 6) is -0.785. The molecule has 0 bridgehead atoms. The Labute approximate surface area is 137 Å². The van der Waals surface area contributed by atoms with Crippen molar-refractivity contribution in [2.24, 2.45) is 5.73 Å². The Kier molecular flexibility index (Phi) is 4.96. The molecule has 1 fully saturated rings. The molecule has 0 radical (unpaired) electrons. The summed E-state index contributed by atoms with van der Waals surface area (Å²) < 4.78 is 68.4. The molecule has 24 heavy (non-hydrogen) atoms. The minimum atomic E-state index is -4.64. The fourth-order valence-electron chi connectivity index (χ4n) is 2.91. The maximum Gasteiger partial charge on any atom is 0.416 e. The molecule has 1 aromatic rings. The van der Waals surface area contributed by atoms with Gasteiger partial charge in [-0.2, -0.15) is 13.2 Å². The van der Waals surface area contributed by atoms with Crippen LogP contribution in [0.2, 0.25) is 0 Å². The van der Waals surface area contributed by atoms with E-state index in [0.717, 1.165) is 18.2 Å². The predicted molar refractivity (Wildman–Crippen MR) is 79.8 cm³/mol. The van der Waals surface area contributed by atoms with E-state index in [1.807, 2.05) is 0 Å². The largest absolute Gasteiger partial charge is 0.416 e. The lowest BCUT2D eigenvalue weighted by Crippen LogP contribution is -2.50. The Bertz CT molecular complexity index is 732. The Hall–Kier alpha value is -1.61. The lowest BCUT2D eigenvalue weighted by atomic mass is 9.92. The topological polar surface area (TPSA) is 86.5 Å². The monoisotopic (exact) mass is 365 g/mol. The molecule has 1 saturated heterocycles. The van der Waals surface area contributed by atoms with E-state index in [-0.39, 0.29) is 25.9 Å². The number of ether oxygens (including phenoxy) is 1. The van der Waals surface area contributed by atoms with E-state index < -0.39 is 43.2 Å². The van der Waals surface area contributed by atoms with Crippen LogP contribution in [-0.2, 0) is 25.5 Å². The maximum atomic E-state index is 13.0. The lowest BCUT2D eigenvalue weighted by molar-refractivity contribution is -0.137. The van der Waals surface area contributed by atoms with E-state index in [9.17, 15) is 26.4 Å². The molecule has 0 saturated carbocycles. The van der Waals surface area contributed by atoms with Crippen LogP contribution in [0.1, 0.15) is 31.7 Å². The normalized spacial score (nSPS) is 25.4. The summed E-state index contributed by atoms with van der Waals surface area (Å²) >= 11 is 0. The fourth-order valence-corrected chi connectivity index (χ4v) is 5.06. The number of halogens is 3. The number of benzene rings is 1. The zero-order chi connectivity index (χ0) is 18.2. The van der Waals surface area contributed by atoms with Gasteiger partial charge in [0.05, 0.1) is 15.2 Å². The first-order valence-electron chi connectivity index (χ1n) is 7.36. The highest BCUT2D eigenvalue weighted by atomic mass is 32.2. The van der Waals surface area contributed by atoms with Crippen LogP contribution in [0.25, 0.3) is 0 Å². The highest BCUT2D eigenvalue weighted by molar-refractivity contribution is 7.92. The van der Waals surface area contributed by atoms with Crippen molar-refractivity contribution < 1.29 is 31.1 Å². The Morgan fingerprint density at radius 3 is 2.62 bits per heavy atom. The van der Waals surface area contributed by atoms with Crippen LogP contribution in [0.3, 0.4) is 0 Å². The van der Waals surface area contributed by atoms with E-state index >= 15 is 0 Å². The number of carbonyl (C=O) groups is 1. The first-order valence-corrected chi connectivity index (χ1v) is 8.84. The SMILES string of the molecule is CCC1(S(=O)(=O)c2cccc(C(F)(F)F)c2)CCOC(C(N)=O)C1. The molecule has 0 aromatic heterocycles. The summed E-state index contributed by atoms with van der Waals surface area (Å²) in [6.45, 7) is 1.62. The molecule has 1 heterocycles. The van der Waals surface area contributed by atoms with E-state index in [2.05, 4.69) is 0 Å². The molecule has 9 heteroatoms. The zero-order valence-corrected chi connectivity index (χ0v) is 13.8. The van der Waals surface area contributed by atoms with Crippen LogP contribution >= 0.6 is 0 Å². The molecule has 0 spiro atoms. The van der Waals surface area contributed by atoms with Crippen molar-refractivity contribution >= 4 is 15.7 Å². The minimum Gasteiger partial charge on any atom is -0.368 e. The zero-order valence-electron chi connectivity index (χ0n) is 13.0. The second-order valence-corrected chi connectivity index (χ2v) is 8.13. The van der Waals surface area contributed by atoms with Crippen LogP contribution < -0.4 is 5.73 Å². The van der Waals surface area contributed by atoms with Crippen molar-refractivity contribution in [3.63, 3.8) is 0 Å². The first kappa shape index (κ1) is 18.7. The van der Waals surface area contributed by atoms with Crippen molar-refractivity contribution in [2.45, 2.75) is 48.1 Å². The van der Waals surface area contributed by atoms with Gasteiger partial charge in [-0.1, -0.05) is 13.0 Å². The molecule has 1 amide bonds. The van der Waals surface area contributed by atoms with Crippen LogP contribution in [0.5, 0.6) is 0 Å². The number of hydrogen-bond donors (Lipinski definition) is 1. The summed E-state index contributed by atoms with van der Waals surface area (Å²) in [6, 6.07) is 3.63. The molecule has 2 atom stereocenters. The quantitative estimate of drug-likeness (QED) is 0.887. The molecular weight excluding hydrogens is 347 g/mol. The molecule has 134 valence electrons. The van der Waals surface area contributed by atoms with Gasteiger partial charge < -0.3 is 10.5 Å². The van der Waals surface area contributed by atoms with E-state index in [0.29, 0.717) is 6.07 Å². The van der Waals surface area contributed by atoms with Crippen molar-refractivity contribution in [3.05, 3.63) is 29.8 Å². The molecule has 2 N–H and O–H groups in total. The van der Waals surface area contributed by atoms with Crippen molar-refractivity contribution in [1.29, 1.82) is 0 Å². The Morgan fingerprint density at radius 2 is 2.08 bits per heavy atom. The predicted octanol–water partition coefficient (Wildman–Crippen LogP) is 2.29. The van der Waals surface area contributed by atoms with Gasteiger partial charge >= 0.3 is 6.18 Å². The van der Waals surface area contributed by atoms with Crippen LogP contribution in [0.15, 0.2) is 29.2 Å². The standard InChI is InChI=1S/C15H18F3NO4S/c1-2-14(6-7-23-12(9-14)13(19)20)24(21,22)11-5-3-4-10(8-11)15(16,17)18/h3-5,8,12H,2,6-7,9H2,1H3,(H2,19,20). The number of nitrogens with two attached hydrogens (primary N) is 1. The highest BCUT2D eigenvalue weighted by Crippen LogP contribution is 2.40. The average Bonchev–Trinajstić information content (AvgIpc) is 2.54. The molecule has 1 aliphatic rings. The van der Waals surface area contributed by atoms with E-state index in [4.69, 9.17) is 10.5 Å². The molecule has 0 aliphatic carbocycles. The molecular formula is C15H18F3NO4S.